The van der Waals surface area contributed by atoms with E-state index in [2.05, 4.69) is 34.1 Å². The number of nitrogens with one attached hydrogen (secondary N) is 1. The van der Waals surface area contributed by atoms with Gasteiger partial charge in [-0.3, -0.25) is 9.59 Å². The first kappa shape index (κ1) is 22.0. The molecular weight excluding hydrogens is 454 g/mol. The highest BCUT2D eigenvalue weighted by Gasteiger charge is 2.29. The Morgan fingerprint density at radius 1 is 1.29 bits per heavy atom. The van der Waals surface area contributed by atoms with E-state index in [0.29, 0.717) is 23.9 Å². The Hall–Kier alpha value is -2.23. The maximum absolute atomic E-state index is 12.9. The molecule has 4 rings (SSSR count). The van der Waals surface area contributed by atoms with E-state index < -0.39 is 0 Å². The van der Waals surface area contributed by atoms with Crippen molar-refractivity contribution in [1.82, 2.24) is 19.9 Å². The van der Waals surface area contributed by atoms with Crippen molar-refractivity contribution in [3.8, 4) is 0 Å². The number of aryl methyl sites for hydroxylation is 2. The third-order valence-corrected chi connectivity index (χ3v) is 7.70. The number of amides is 2. The van der Waals surface area contributed by atoms with Gasteiger partial charge in [-0.15, -0.1) is 11.3 Å². The van der Waals surface area contributed by atoms with E-state index in [0.717, 1.165) is 28.1 Å². The van der Waals surface area contributed by atoms with E-state index in [-0.39, 0.29) is 23.5 Å². The summed E-state index contributed by atoms with van der Waals surface area (Å²) in [4.78, 5) is 42.3. The van der Waals surface area contributed by atoms with E-state index in [9.17, 15) is 9.59 Å². The minimum absolute atomic E-state index is 0.0171. The van der Waals surface area contributed by atoms with Gasteiger partial charge in [0.2, 0.25) is 11.8 Å². The lowest BCUT2D eigenvalue weighted by atomic mass is 9.97. The van der Waals surface area contributed by atoms with Gasteiger partial charge in [0.25, 0.3) is 0 Å². The van der Waals surface area contributed by atoms with Crippen molar-refractivity contribution in [3.05, 3.63) is 40.1 Å². The van der Waals surface area contributed by atoms with Gasteiger partial charge in [0.05, 0.1) is 16.7 Å². The topological polar surface area (TPSA) is 88.1 Å². The standard InChI is InChI=1S/C21H22ClN5O2S2/c1-12-13(2)31-21-18(12)20(24-11-25-21)30-10-17(28)27-7-3-4-14(9-27)19(29)26-16-6-5-15(22)8-23-16/h5-6,8,11,14H,3-4,7,9-10H2,1-2H3,(H,23,26,29). The average Bonchev–Trinajstić information content (AvgIpc) is 3.07. The Balaban J connectivity index is 1.37. The number of pyridine rings is 1. The molecule has 162 valence electrons. The molecule has 0 radical (unpaired) electrons. The summed E-state index contributed by atoms with van der Waals surface area (Å²) < 4.78 is 0. The summed E-state index contributed by atoms with van der Waals surface area (Å²) in [7, 11) is 0. The molecule has 0 spiro atoms. The number of hydrogen-bond donors (Lipinski definition) is 1. The van der Waals surface area contributed by atoms with Crippen LogP contribution in [0.4, 0.5) is 5.82 Å². The van der Waals surface area contributed by atoms with Gasteiger partial charge in [-0.25, -0.2) is 15.0 Å². The Morgan fingerprint density at radius 2 is 2.13 bits per heavy atom. The van der Waals surface area contributed by atoms with Crippen LogP contribution < -0.4 is 5.32 Å². The van der Waals surface area contributed by atoms with E-state index in [1.807, 2.05) is 0 Å². The molecule has 0 aromatic carbocycles. The van der Waals surface area contributed by atoms with Crippen LogP contribution in [0.1, 0.15) is 23.3 Å². The number of fused-ring (bicyclic) bond motifs is 1. The second-order valence-corrected chi connectivity index (χ2v) is 10.1. The summed E-state index contributed by atoms with van der Waals surface area (Å²) in [6.07, 6.45) is 4.59. The van der Waals surface area contributed by atoms with E-state index in [1.165, 1.54) is 28.4 Å². The fourth-order valence-corrected chi connectivity index (χ4v) is 5.71. The minimum Gasteiger partial charge on any atom is -0.341 e. The number of aromatic nitrogens is 3. The number of nitrogens with zero attached hydrogens (tertiary/aromatic N) is 4. The average molecular weight is 476 g/mol. The van der Waals surface area contributed by atoms with Crippen LogP contribution in [0.3, 0.4) is 0 Å². The fraction of sp³-hybridized carbons (Fsp3) is 0.381. The summed E-state index contributed by atoms with van der Waals surface area (Å²) in [6.45, 7) is 5.21. The molecule has 7 nitrogen and oxygen atoms in total. The maximum Gasteiger partial charge on any atom is 0.233 e. The Morgan fingerprint density at radius 3 is 2.90 bits per heavy atom. The molecule has 3 aromatic heterocycles. The second kappa shape index (κ2) is 9.50. The van der Waals surface area contributed by atoms with Gasteiger partial charge in [0.1, 0.15) is 22.0 Å². The Labute approximate surface area is 193 Å². The number of piperidine rings is 1. The van der Waals surface area contributed by atoms with Crippen molar-refractivity contribution in [2.75, 3.05) is 24.2 Å². The van der Waals surface area contributed by atoms with Crippen LogP contribution in [0.15, 0.2) is 29.7 Å². The molecule has 1 atom stereocenters. The van der Waals surface area contributed by atoms with E-state index >= 15 is 0 Å². The van der Waals surface area contributed by atoms with Crippen molar-refractivity contribution >= 4 is 62.5 Å². The molecule has 0 saturated carbocycles. The van der Waals surface area contributed by atoms with Crippen molar-refractivity contribution < 1.29 is 9.59 Å². The highest BCUT2D eigenvalue weighted by molar-refractivity contribution is 8.00. The Kier molecular flexibility index (Phi) is 6.74. The summed E-state index contributed by atoms with van der Waals surface area (Å²) in [5, 5.41) is 5.20. The van der Waals surface area contributed by atoms with Crippen LogP contribution in [0.5, 0.6) is 0 Å². The molecule has 31 heavy (non-hydrogen) atoms. The number of thioether (sulfide) groups is 1. The number of likely N-dealkylation sites (tertiary alicyclic amines) is 1. The van der Waals surface area contributed by atoms with Crippen LogP contribution in [0.2, 0.25) is 5.02 Å². The molecule has 0 bridgehead atoms. The van der Waals surface area contributed by atoms with Crippen LogP contribution in [-0.2, 0) is 9.59 Å². The van der Waals surface area contributed by atoms with Crippen LogP contribution >= 0.6 is 34.7 Å². The first-order chi connectivity index (χ1) is 14.9. The molecule has 3 aromatic rings. The summed E-state index contributed by atoms with van der Waals surface area (Å²) in [6, 6.07) is 3.35. The molecular formula is C21H22ClN5O2S2. The number of rotatable bonds is 5. The smallest absolute Gasteiger partial charge is 0.233 e. The molecule has 0 aliphatic carbocycles. The predicted molar refractivity (Wildman–Crippen MR) is 125 cm³/mol. The third kappa shape index (κ3) is 4.99. The van der Waals surface area contributed by atoms with E-state index in [1.54, 1.807) is 34.7 Å². The molecule has 1 aliphatic rings. The van der Waals surface area contributed by atoms with Crippen LogP contribution in [0.25, 0.3) is 10.2 Å². The largest absolute Gasteiger partial charge is 0.341 e. The van der Waals surface area contributed by atoms with Crippen LogP contribution in [-0.4, -0.2) is 50.5 Å². The molecule has 1 saturated heterocycles. The van der Waals surface area contributed by atoms with Crippen molar-refractivity contribution in [1.29, 1.82) is 0 Å². The first-order valence-corrected chi connectivity index (χ1v) is 12.1. The molecule has 1 N–H and O–H groups in total. The zero-order valence-electron chi connectivity index (χ0n) is 17.2. The lowest BCUT2D eigenvalue weighted by Gasteiger charge is -2.32. The molecule has 1 aliphatic heterocycles. The quantitative estimate of drug-likeness (QED) is 0.436. The number of anilines is 1. The molecule has 1 fully saturated rings. The highest BCUT2D eigenvalue weighted by Crippen LogP contribution is 2.34. The summed E-state index contributed by atoms with van der Waals surface area (Å²) in [5.74, 6) is 0.383. The number of carbonyl (C=O) groups excluding carboxylic acids is 2. The number of hydrogen-bond acceptors (Lipinski definition) is 7. The number of carbonyl (C=O) groups is 2. The summed E-state index contributed by atoms with van der Waals surface area (Å²) in [5.41, 5.74) is 1.17. The molecule has 4 heterocycles. The van der Waals surface area contributed by atoms with Gasteiger partial charge in [0, 0.05) is 29.5 Å². The predicted octanol–water partition coefficient (Wildman–Crippen LogP) is 4.33. The Bertz CT molecular complexity index is 1120. The monoisotopic (exact) mass is 475 g/mol. The fourth-order valence-electron chi connectivity index (χ4n) is 3.58. The zero-order valence-corrected chi connectivity index (χ0v) is 19.6. The van der Waals surface area contributed by atoms with Gasteiger partial charge in [0.15, 0.2) is 0 Å². The van der Waals surface area contributed by atoms with Gasteiger partial charge >= 0.3 is 0 Å². The number of halogens is 1. The first-order valence-electron chi connectivity index (χ1n) is 9.96. The normalized spacial score (nSPS) is 16.5. The SMILES string of the molecule is Cc1sc2ncnc(SCC(=O)N3CCCC(C(=O)Nc4ccc(Cl)cn4)C3)c2c1C. The molecule has 2 amide bonds. The molecule has 10 heteroatoms. The van der Waals surface area contributed by atoms with Crippen molar-refractivity contribution in [2.45, 2.75) is 31.7 Å². The zero-order chi connectivity index (χ0) is 22.0. The van der Waals surface area contributed by atoms with Gasteiger partial charge < -0.3 is 10.2 Å². The minimum atomic E-state index is -0.257. The molecule has 1 unspecified atom stereocenters. The number of thiophene rings is 1. The van der Waals surface area contributed by atoms with E-state index in [4.69, 9.17) is 11.6 Å². The van der Waals surface area contributed by atoms with Crippen LogP contribution in [0, 0.1) is 19.8 Å². The van der Waals surface area contributed by atoms with Crippen molar-refractivity contribution in [2.24, 2.45) is 5.92 Å². The van der Waals surface area contributed by atoms with Gasteiger partial charge in [-0.1, -0.05) is 23.4 Å². The lowest BCUT2D eigenvalue weighted by molar-refractivity contribution is -0.132. The third-order valence-electron chi connectivity index (χ3n) is 5.39. The lowest BCUT2D eigenvalue weighted by Crippen LogP contribution is -2.44. The highest BCUT2D eigenvalue weighted by atomic mass is 35.5. The van der Waals surface area contributed by atoms with Crippen molar-refractivity contribution in [3.63, 3.8) is 0 Å². The second-order valence-electron chi connectivity index (χ2n) is 7.46. The van der Waals surface area contributed by atoms with Gasteiger partial charge in [-0.05, 0) is 44.4 Å². The maximum atomic E-state index is 12.9. The summed E-state index contributed by atoms with van der Waals surface area (Å²) >= 11 is 8.92. The van der Waals surface area contributed by atoms with Gasteiger partial charge in [-0.2, -0.15) is 0 Å².